The van der Waals surface area contributed by atoms with E-state index in [0.29, 0.717) is 6.01 Å². The molecular weight excluding hydrogens is 252 g/mol. The summed E-state index contributed by atoms with van der Waals surface area (Å²) in [6, 6.07) is 15.5. The highest BCUT2D eigenvalue weighted by Crippen LogP contribution is 2.18. The maximum Gasteiger partial charge on any atom is 0.316 e. The van der Waals surface area contributed by atoms with Gasteiger partial charge in [-0.15, -0.1) is 0 Å². The number of nitrogens with one attached hydrogen (secondary N) is 1. The van der Waals surface area contributed by atoms with Crippen LogP contribution in [0, 0.1) is 0 Å². The van der Waals surface area contributed by atoms with Gasteiger partial charge in [0.15, 0.2) is 5.58 Å². The van der Waals surface area contributed by atoms with E-state index in [2.05, 4.69) is 15.5 Å². The number of aromatic nitrogens is 1. The van der Waals surface area contributed by atoms with Crippen LogP contribution in [0.3, 0.4) is 0 Å². The van der Waals surface area contributed by atoms with Crippen LogP contribution in [0.2, 0.25) is 0 Å². The summed E-state index contributed by atoms with van der Waals surface area (Å²) in [5.41, 5.74) is 12.6. The number of fused-ring (bicyclic) bond motifs is 1. The maximum atomic E-state index is 5.65. The molecule has 3 aromatic rings. The van der Waals surface area contributed by atoms with Gasteiger partial charge in [0.25, 0.3) is 0 Å². The second-order valence-corrected chi connectivity index (χ2v) is 4.42. The maximum absolute atomic E-state index is 5.65. The molecule has 20 heavy (non-hydrogen) atoms. The van der Waals surface area contributed by atoms with Crippen molar-refractivity contribution in [3.8, 4) is 0 Å². The minimum Gasteiger partial charge on any atom is -0.422 e. The second kappa shape index (κ2) is 5.05. The van der Waals surface area contributed by atoms with Gasteiger partial charge in [0, 0.05) is 5.69 Å². The molecule has 0 amide bonds. The molecular formula is C15H14N4O. The average Bonchev–Trinajstić information content (AvgIpc) is 2.88. The number of hydrazone groups is 1. The summed E-state index contributed by atoms with van der Waals surface area (Å²) in [5.74, 6) is 0. The van der Waals surface area contributed by atoms with E-state index in [0.717, 1.165) is 28.1 Å². The number of nitrogens with zero attached hydrogens (tertiary/aromatic N) is 2. The Bertz CT molecular complexity index is 726. The van der Waals surface area contributed by atoms with Gasteiger partial charge in [-0.2, -0.15) is 10.1 Å². The number of rotatable bonds is 3. The molecule has 0 spiro atoms. The molecule has 0 bridgehead atoms. The van der Waals surface area contributed by atoms with Crippen molar-refractivity contribution < 1.29 is 4.42 Å². The highest BCUT2D eigenvalue weighted by molar-refractivity contribution is 5.99. The Kier molecular flexibility index (Phi) is 3.09. The molecule has 0 saturated carbocycles. The second-order valence-electron chi connectivity index (χ2n) is 4.42. The van der Waals surface area contributed by atoms with Gasteiger partial charge in [-0.1, -0.05) is 24.3 Å². The van der Waals surface area contributed by atoms with Gasteiger partial charge in [0.1, 0.15) is 5.52 Å². The molecule has 0 fully saturated rings. The Morgan fingerprint density at radius 1 is 1.15 bits per heavy atom. The number of nitrogen functional groups attached to an aromatic ring is 1. The van der Waals surface area contributed by atoms with Gasteiger partial charge in [-0.25, -0.2) is 5.43 Å². The van der Waals surface area contributed by atoms with Crippen molar-refractivity contribution in [2.45, 2.75) is 6.92 Å². The van der Waals surface area contributed by atoms with E-state index in [1.54, 1.807) is 0 Å². The van der Waals surface area contributed by atoms with Crippen LogP contribution < -0.4 is 11.2 Å². The zero-order valence-corrected chi connectivity index (χ0v) is 11.0. The van der Waals surface area contributed by atoms with Crippen LogP contribution in [0.4, 0.5) is 11.7 Å². The number of hydrogen-bond acceptors (Lipinski definition) is 5. The molecule has 5 nitrogen and oxygen atoms in total. The molecule has 3 rings (SSSR count). The molecule has 0 radical (unpaired) electrons. The number of oxazole rings is 1. The molecule has 0 atom stereocenters. The third-order valence-electron chi connectivity index (χ3n) is 2.94. The lowest BCUT2D eigenvalue weighted by Crippen LogP contribution is -2.00. The largest absolute Gasteiger partial charge is 0.422 e. The molecule has 0 aliphatic heterocycles. The summed E-state index contributed by atoms with van der Waals surface area (Å²) < 4.78 is 5.52. The first kappa shape index (κ1) is 12.2. The fourth-order valence-electron chi connectivity index (χ4n) is 1.84. The first-order valence-corrected chi connectivity index (χ1v) is 6.24. The fraction of sp³-hybridized carbons (Fsp3) is 0.0667. The number of anilines is 2. The number of hydrogen-bond donors (Lipinski definition) is 2. The number of benzene rings is 2. The minimum absolute atomic E-state index is 0.376. The Morgan fingerprint density at radius 3 is 2.65 bits per heavy atom. The Balaban J connectivity index is 1.80. The van der Waals surface area contributed by atoms with Crippen LogP contribution in [0.15, 0.2) is 58.0 Å². The zero-order valence-electron chi connectivity index (χ0n) is 11.0. The van der Waals surface area contributed by atoms with Crippen LogP contribution in [0.1, 0.15) is 12.5 Å². The van der Waals surface area contributed by atoms with Crippen molar-refractivity contribution in [2.75, 3.05) is 11.2 Å². The molecule has 2 aromatic carbocycles. The SMILES string of the molecule is C/C(=N\Nc1nc2ccccc2o1)c1ccc(N)cc1. The van der Waals surface area contributed by atoms with Gasteiger partial charge in [-0.3, -0.25) is 0 Å². The molecule has 0 saturated heterocycles. The third kappa shape index (κ3) is 2.47. The summed E-state index contributed by atoms with van der Waals surface area (Å²) in [7, 11) is 0. The number of nitrogens with two attached hydrogens (primary N) is 1. The molecule has 100 valence electrons. The van der Waals surface area contributed by atoms with Crippen LogP contribution in [0.25, 0.3) is 11.1 Å². The van der Waals surface area contributed by atoms with Crippen molar-refractivity contribution in [2.24, 2.45) is 5.10 Å². The van der Waals surface area contributed by atoms with Gasteiger partial charge in [0.2, 0.25) is 0 Å². The number of para-hydroxylation sites is 2. The van der Waals surface area contributed by atoms with E-state index in [4.69, 9.17) is 10.2 Å². The lowest BCUT2D eigenvalue weighted by Gasteiger charge is -2.01. The highest BCUT2D eigenvalue weighted by Gasteiger charge is 2.03. The minimum atomic E-state index is 0.376. The smallest absolute Gasteiger partial charge is 0.316 e. The van der Waals surface area contributed by atoms with E-state index in [-0.39, 0.29) is 0 Å². The van der Waals surface area contributed by atoms with Gasteiger partial charge >= 0.3 is 6.01 Å². The van der Waals surface area contributed by atoms with Gasteiger partial charge in [0.05, 0.1) is 5.71 Å². The summed E-state index contributed by atoms with van der Waals surface area (Å²) in [6.45, 7) is 1.90. The molecule has 0 aliphatic carbocycles. The first-order chi connectivity index (χ1) is 9.72. The standard InChI is InChI=1S/C15H14N4O/c1-10(11-6-8-12(16)9-7-11)18-19-15-17-13-4-2-3-5-14(13)20-15/h2-9H,16H2,1H3,(H,17,19)/b18-10+. The Hall–Kier alpha value is -2.82. The van der Waals surface area contributed by atoms with Crippen molar-refractivity contribution in [1.29, 1.82) is 0 Å². The lowest BCUT2D eigenvalue weighted by atomic mass is 10.1. The average molecular weight is 266 g/mol. The summed E-state index contributed by atoms with van der Waals surface area (Å²) in [4.78, 5) is 4.29. The molecule has 5 heteroatoms. The lowest BCUT2D eigenvalue weighted by molar-refractivity contribution is 0.617. The summed E-state index contributed by atoms with van der Waals surface area (Å²) in [5, 5.41) is 4.26. The van der Waals surface area contributed by atoms with Crippen LogP contribution in [-0.4, -0.2) is 10.7 Å². The molecule has 1 heterocycles. The highest BCUT2D eigenvalue weighted by atomic mass is 16.4. The third-order valence-corrected chi connectivity index (χ3v) is 2.94. The molecule has 3 N–H and O–H groups in total. The topological polar surface area (TPSA) is 76.4 Å². The van der Waals surface area contributed by atoms with Crippen LogP contribution >= 0.6 is 0 Å². The first-order valence-electron chi connectivity index (χ1n) is 6.24. The van der Waals surface area contributed by atoms with Gasteiger partial charge in [-0.05, 0) is 36.8 Å². The van der Waals surface area contributed by atoms with Crippen LogP contribution in [0.5, 0.6) is 0 Å². The predicted molar refractivity (Wildman–Crippen MR) is 80.7 cm³/mol. The quantitative estimate of drug-likeness (QED) is 0.433. The van der Waals surface area contributed by atoms with E-state index >= 15 is 0 Å². The van der Waals surface area contributed by atoms with Gasteiger partial charge < -0.3 is 10.2 Å². The molecule has 0 aliphatic rings. The van der Waals surface area contributed by atoms with E-state index in [1.165, 1.54) is 0 Å². The molecule has 0 unspecified atom stereocenters. The monoisotopic (exact) mass is 266 g/mol. The zero-order chi connectivity index (χ0) is 13.9. The van der Waals surface area contributed by atoms with Crippen molar-refractivity contribution in [1.82, 2.24) is 4.98 Å². The predicted octanol–water partition coefficient (Wildman–Crippen LogP) is 3.25. The van der Waals surface area contributed by atoms with Crippen LogP contribution in [-0.2, 0) is 0 Å². The van der Waals surface area contributed by atoms with E-state index < -0.39 is 0 Å². The van der Waals surface area contributed by atoms with Crippen molar-refractivity contribution in [3.05, 3.63) is 54.1 Å². The normalized spacial score (nSPS) is 11.8. The Labute approximate surface area is 116 Å². The summed E-state index contributed by atoms with van der Waals surface area (Å²) in [6.07, 6.45) is 0. The Morgan fingerprint density at radius 2 is 1.90 bits per heavy atom. The van der Waals surface area contributed by atoms with Crippen molar-refractivity contribution in [3.63, 3.8) is 0 Å². The molecule has 1 aromatic heterocycles. The van der Waals surface area contributed by atoms with Crippen molar-refractivity contribution >= 4 is 28.5 Å². The fourth-order valence-corrected chi connectivity index (χ4v) is 1.84. The van der Waals surface area contributed by atoms with E-state index in [1.807, 2.05) is 55.5 Å². The van der Waals surface area contributed by atoms with E-state index in [9.17, 15) is 0 Å². The summed E-state index contributed by atoms with van der Waals surface area (Å²) >= 11 is 0.